The molecule has 1 atom stereocenters. The van der Waals surface area contributed by atoms with Crippen molar-refractivity contribution in [3.05, 3.63) is 29.3 Å². The van der Waals surface area contributed by atoms with E-state index in [9.17, 15) is 4.79 Å². The highest BCUT2D eigenvalue weighted by Gasteiger charge is 2.28. The first kappa shape index (κ1) is 11.1. The molecule has 4 heteroatoms. The fraction of sp³-hybridized carbons (Fsp3) is 0.417. The van der Waals surface area contributed by atoms with Gasteiger partial charge >= 0.3 is 0 Å². The summed E-state index contributed by atoms with van der Waals surface area (Å²) in [5.41, 5.74) is 14.5. The van der Waals surface area contributed by atoms with Crippen LogP contribution in [-0.2, 0) is 11.3 Å². The minimum atomic E-state index is -0.0407. The maximum atomic E-state index is 11.7. The van der Waals surface area contributed by atoms with E-state index in [1.807, 2.05) is 25.1 Å². The molecular weight excluding hydrogens is 202 g/mol. The molecule has 1 unspecified atom stereocenters. The van der Waals surface area contributed by atoms with Crippen molar-refractivity contribution in [2.45, 2.75) is 25.9 Å². The molecule has 1 fully saturated rings. The molecule has 1 saturated heterocycles. The van der Waals surface area contributed by atoms with E-state index in [0.29, 0.717) is 19.5 Å². The zero-order valence-corrected chi connectivity index (χ0v) is 9.44. The molecular formula is C12H17N3O. The molecule has 1 aromatic carbocycles. The van der Waals surface area contributed by atoms with Crippen LogP contribution in [0.25, 0.3) is 0 Å². The van der Waals surface area contributed by atoms with Crippen LogP contribution in [0.3, 0.4) is 0 Å². The number of hydrogen-bond donors (Lipinski definition) is 2. The average Bonchev–Trinajstić information content (AvgIpc) is 2.57. The zero-order valence-electron chi connectivity index (χ0n) is 9.44. The Balaban J connectivity index is 2.30. The van der Waals surface area contributed by atoms with Crippen molar-refractivity contribution in [1.29, 1.82) is 0 Å². The first-order chi connectivity index (χ1) is 7.61. The van der Waals surface area contributed by atoms with Crippen molar-refractivity contribution in [1.82, 2.24) is 0 Å². The van der Waals surface area contributed by atoms with E-state index in [1.54, 1.807) is 4.90 Å². The summed E-state index contributed by atoms with van der Waals surface area (Å²) in [6, 6.07) is 5.89. The lowest BCUT2D eigenvalue weighted by atomic mass is 10.1. The summed E-state index contributed by atoms with van der Waals surface area (Å²) in [4.78, 5) is 13.5. The summed E-state index contributed by atoms with van der Waals surface area (Å²) in [7, 11) is 0. The molecule has 0 aromatic heterocycles. The molecule has 0 aliphatic carbocycles. The Morgan fingerprint density at radius 3 is 2.75 bits per heavy atom. The molecule has 4 nitrogen and oxygen atoms in total. The highest BCUT2D eigenvalue weighted by atomic mass is 16.2. The largest absolute Gasteiger partial charge is 0.326 e. The van der Waals surface area contributed by atoms with E-state index < -0.39 is 0 Å². The van der Waals surface area contributed by atoms with E-state index in [-0.39, 0.29) is 11.9 Å². The SMILES string of the molecule is Cc1cc(CN)ccc1N1CC(N)CC1=O. The third kappa shape index (κ3) is 1.94. The molecule has 0 saturated carbocycles. The van der Waals surface area contributed by atoms with Gasteiger partial charge in [0.1, 0.15) is 0 Å². The van der Waals surface area contributed by atoms with Crippen molar-refractivity contribution in [3.63, 3.8) is 0 Å². The number of rotatable bonds is 2. The molecule has 1 aliphatic rings. The molecule has 0 radical (unpaired) electrons. The average molecular weight is 219 g/mol. The van der Waals surface area contributed by atoms with Gasteiger partial charge in [0.05, 0.1) is 0 Å². The summed E-state index contributed by atoms with van der Waals surface area (Å²) in [5, 5.41) is 0. The van der Waals surface area contributed by atoms with Gasteiger partial charge in [-0.2, -0.15) is 0 Å². The van der Waals surface area contributed by atoms with Crippen LogP contribution in [0.15, 0.2) is 18.2 Å². The third-order valence-corrected chi connectivity index (χ3v) is 2.94. The minimum Gasteiger partial charge on any atom is -0.326 e. The van der Waals surface area contributed by atoms with Gasteiger partial charge in [0.2, 0.25) is 5.91 Å². The maximum Gasteiger partial charge on any atom is 0.228 e. The fourth-order valence-corrected chi connectivity index (χ4v) is 2.12. The van der Waals surface area contributed by atoms with Crippen LogP contribution in [0, 0.1) is 6.92 Å². The molecule has 0 bridgehead atoms. The molecule has 1 aromatic rings. The highest BCUT2D eigenvalue weighted by Crippen LogP contribution is 2.25. The minimum absolute atomic E-state index is 0.0407. The van der Waals surface area contributed by atoms with Crippen LogP contribution >= 0.6 is 0 Å². The number of carbonyl (C=O) groups excluding carboxylic acids is 1. The van der Waals surface area contributed by atoms with E-state index in [2.05, 4.69) is 0 Å². The Kier molecular flexibility index (Phi) is 2.94. The van der Waals surface area contributed by atoms with Gasteiger partial charge in [0.25, 0.3) is 0 Å². The number of nitrogens with zero attached hydrogens (tertiary/aromatic N) is 1. The van der Waals surface area contributed by atoms with Crippen LogP contribution in [0.5, 0.6) is 0 Å². The molecule has 1 amide bonds. The maximum absolute atomic E-state index is 11.7. The number of nitrogens with two attached hydrogens (primary N) is 2. The lowest BCUT2D eigenvalue weighted by Gasteiger charge is -2.19. The molecule has 4 N–H and O–H groups in total. The molecule has 86 valence electrons. The van der Waals surface area contributed by atoms with Crippen molar-refractivity contribution in [3.8, 4) is 0 Å². The van der Waals surface area contributed by atoms with E-state index in [1.165, 1.54) is 0 Å². The first-order valence-corrected chi connectivity index (χ1v) is 5.47. The van der Waals surface area contributed by atoms with Crippen molar-refractivity contribution >= 4 is 11.6 Å². The van der Waals surface area contributed by atoms with Gasteiger partial charge in [-0.05, 0) is 24.1 Å². The Morgan fingerprint density at radius 2 is 2.25 bits per heavy atom. The van der Waals surface area contributed by atoms with E-state index in [0.717, 1.165) is 16.8 Å². The van der Waals surface area contributed by atoms with Gasteiger partial charge in [-0.25, -0.2) is 0 Å². The number of anilines is 1. The zero-order chi connectivity index (χ0) is 11.7. The summed E-state index contributed by atoms with van der Waals surface area (Å²) in [5.74, 6) is 0.107. The van der Waals surface area contributed by atoms with Crippen molar-refractivity contribution in [2.75, 3.05) is 11.4 Å². The second kappa shape index (κ2) is 4.23. The normalized spacial score (nSPS) is 20.6. The number of benzene rings is 1. The van der Waals surface area contributed by atoms with Crippen LogP contribution < -0.4 is 16.4 Å². The summed E-state index contributed by atoms with van der Waals surface area (Å²) >= 11 is 0. The summed E-state index contributed by atoms with van der Waals surface area (Å²) in [6.07, 6.45) is 0.443. The van der Waals surface area contributed by atoms with Gasteiger partial charge in [-0.1, -0.05) is 12.1 Å². The number of carbonyl (C=O) groups is 1. The Labute approximate surface area is 95.2 Å². The van der Waals surface area contributed by atoms with E-state index in [4.69, 9.17) is 11.5 Å². The number of hydrogen-bond acceptors (Lipinski definition) is 3. The summed E-state index contributed by atoms with van der Waals surface area (Å²) in [6.45, 7) is 3.13. The lowest BCUT2D eigenvalue weighted by Crippen LogP contribution is -2.28. The topological polar surface area (TPSA) is 72.3 Å². The van der Waals surface area contributed by atoms with Gasteiger partial charge in [0.15, 0.2) is 0 Å². The molecule has 16 heavy (non-hydrogen) atoms. The second-order valence-electron chi connectivity index (χ2n) is 4.29. The summed E-state index contributed by atoms with van der Waals surface area (Å²) < 4.78 is 0. The van der Waals surface area contributed by atoms with Crippen molar-refractivity contribution in [2.24, 2.45) is 11.5 Å². The number of amides is 1. The number of aryl methyl sites for hydroxylation is 1. The van der Waals surface area contributed by atoms with Crippen molar-refractivity contribution < 1.29 is 4.79 Å². The monoisotopic (exact) mass is 219 g/mol. The molecule has 2 rings (SSSR count). The van der Waals surface area contributed by atoms with Gasteiger partial charge in [-0.15, -0.1) is 0 Å². The Hall–Kier alpha value is -1.39. The quantitative estimate of drug-likeness (QED) is 0.761. The smallest absolute Gasteiger partial charge is 0.228 e. The van der Waals surface area contributed by atoms with Crippen LogP contribution in [0.4, 0.5) is 5.69 Å². The predicted molar refractivity (Wildman–Crippen MR) is 64.0 cm³/mol. The Morgan fingerprint density at radius 1 is 1.50 bits per heavy atom. The molecule has 0 spiro atoms. The Bertz CT molecular complexity index is 417. The van der Waals surface area contributed by atoms with E-state index >= 15 is 0 Å². The van der Waals surface area contributed by atoms with Gasteiger partial charge < -0.3 is 16.4 Å². The van der Waals surface area contributed by atoms with Gasteiger partial charge in [0, 0.05) is 31.2 Å². The standard InChI is InChI=1S/C12H17N3O/c1-8-4-9(6-13)2-3-11(8)15-7-10(14)5-12(15)16/h2-4,10H,5-7,13-14H2,1H3. The van der Waals surface area contributed by atoms with Gasteiger partial charge in [-0.3, -0.25) is 4.79 Å². The first-order valence-electron chi connectivity index (χ1n) is 5.47. The molecule has 1 aliphatic heterocycles. The van der Waals surface area contributed by atoms with Crippen LogP contribution in [-0.4, -0.2) is 18.5 Å². The second-order valence-corrected chi connectivity index (χ2v) is 4.29. The van der Waals surface area contributed by atoms with Crippen LogP contribution in [0.2, 0.25) is 0 Å². The fourth-order valence-electron chi connectivity index (χ4n) is 2.12. The highest BCUT2D eigenvalue weighted by molar-refractivity contribution is 5.96. The predicted octanol–water partition coefficient (Wildman–Crippen LogP) is 0.518. The lowest BCUT2D eigenvalue weighted by molar-refractivity contribution is -0.117. The third-order valence-electron chi connectivity index (χ3n) is 2.94. The molecule has 1 heterocycles. The van der Waals surface area contributed by atoms with Crippen LogP contribution in [0.1, 0.15) is 17.5 Å².